The number of pyridine rings is 1. The van der Waals surface area contributed by atoms with Gasteiger partial charge in [0, 0.05) is 44.0 Å². The highest BCUT2D eigenvalue weighted by atomic mass is 16.2. The highest BCUT2D eigenvalue weighted by Crippen LogP contribution is 2.26. The molecule has 1 unspecified atom stereocenters. The van der Waals surface area contributed by atoms with Gasteiger partial charge in [-0.05, 0) is 54.1 Å². The minimum Gasteiger partial charge on any atom is -0.346 e. The molecule has 0 saturated heterocycles. The molecule has 2 aromatic heterocycles. The van der Waals surface area contributed by atoms with Gasteiger partial charge in [0.1, 0.15) is 5.82 Å². The summed E-state index contributed by atoms with van der Waals surface area (Å²) < 4.78 is 2.13. The van der Waals surface area contributed by atoms with Crippen LogP contribution in [0.15, 0.2) is 48.7 Å². The largest absolute Gasteiger partial charge is 0.346 e. The van der Waals surface area contributed by atoms with Gasteiger partial charge in [0.15, 0.2) is 0 Å². The van der Waals surface area contributed by atoms with Crippen molar-refractivity contribution in [2.45, 2.75) is 25.8 Å². The number of carbonyl (C=O) groups is 2. The maximum atomic E-state index is 12.7. The molecule has 1 aliphatic heterocycles. The number of nitrogens with zero attached hydrogens (tertiary/aromatic N) is 3. The first-order valence-corrected chi connectivity index (χ1v) is 9.72. The van der Waals surface area contributed by atoms with Gasteiger partial charge in [-0.3, -0.25) is 9.59 Å². The molecule has 1 aromatic carbocycles. The topological polar surface area (TPSA) is 67.2 Å². The Morgan fingerprint density at radius 2 is 2.07 bits per heavy atom. The van der Waals surface area contributed by atoms with Crippen LogP contribution in [-0.4, -0.2) is 33.3 Å². The van der Waals surface area contributed by atoms with Crippen LogP contribution in [0.3, 0.4) is 0 Å². The average molecular weight is 388 g/mol. The fourth-order valence-corrected chi connectivity index (χ4v) is 3.75. The van der Waals surface area contributed by atoms with Crippen molar-refractivity contribution in [2.24, 2.45) is 7.05 Å². The average Bonchev–Trinajstić information content (AvgIpc) is 3.07. The highest BCUT2D eigenvalue weighted by Gasteiger charge is 2.20. The summed E-state index contributed by atoms with van der Waals surface area (Å²) in [6, 6.07) is 12.2. The Hall–Kier alpha value is -3.41. The van der Waals surface area contributed by atoms with Gasteiger partial charge >= 0.3 is 0 Å². The summed E-state index contributed by atoms with van der Waals surface area (Å²) in [6.45, 7) is 2.03. The quantitative estimate of drug-likeness (QED) is 0.693. The van der Waals surface area contributed by atoms with Crippen LogP contribution in [0.5, 0.6) is 0 Å². The van der Waals surface area contributed by atoms with Gasteiger partial charge in [-0.2, -0.15) is 0 Å². The molecule has 3 aromatic rings. The molecule has 2 amide bonds. The van der Waals surface area contributed by atoms with Crippen molar-refractivity contribution in [2.75, 3.05) is 12.4 Å². The van der Waals surface area contributed by atoms with E-state index in [9.17, 15) is 9.59 Å². The van der Waals surface area contributed by atoms with E-state index < -0.39 is 0 Å². The van der Waals surface area contributed by atoms with E-state index in [0.717, 1.165) is 22.3 Å². The number of benzene rings is 1. The number of hydrogen-bond donors (Lipinski definition) is 1. The van der Waals surface area contributed by atoms with E-state index in [0.29, 0.717) is 18.7 Å². The second kappa shape index (κ2) is 7.54. The fraction of sp³-hybridized carbons (Fsp3) is 0.261. The lowest BCUT2D eigenvalue weighted by molar-refractivity contribution is -0.126. The summed E-state index contributed by atoms with van der Waals surface area (Å²) in [5, 5.41) is 3.93. The lowest BCUT2D eigenvalue weighted by Crippen LogP contribution is -2.29. The van der Waals surface area contributed by atoms with E-state index in [4.69, 9.17) is 0 Å². The van der Waals surface area contributed by atoms with Crippen molar-refractivity contribution >= 4 is 34.6 Å². The van der Waals surface area contributed by atoms with E-state index in [1.54, 1.807) is 23.2 Å². The van der Waals surface area contributed by atoms with Crippen LogP contribution in [0.25, 0.3) is 17.0 Å². The van der Waals surface area contributed by atoms with Crippen LogP contribution in [0, 0.1) is 0 Å². The van der Waals surface area contributed by atoms with E-state index in [2.05, 4.69) is 33.1 Å². The molecule has 0 saturated carbocycles. The number of nitrogens with one attached hydrogen (secondary N) is 1. The zero-order valence-electron chi connectivity index (χ0n) is 16.8. The van der Waals surface area contributed by atoms with Gasteiger partial charge in [0.2, 0.25) is 11.8 Å². The summed E-state index contributed by atoms with van der Waals surface area (Å²) in [7, 11) is 3.84. The summed E-state index contributed by atoms with van der Waals surface area (Å²) in [4.78, 5) is 30.2. The summed E-state index contributed by atoms with van der Waals surface area (Å²) in [6.07, 6.45) is 6.15. The zero-order valence-corrected chi connectivity index (χ0v) is 16.8. The Labute approximate surface area is 169 Å². The van der Waals surface area contributed by atoms with Gasteiger partial charge in [0.05, 0.1) is 6.04 Å². The number of rotatable bonds is 4. The zero-order chi connectivity index (χ0) is 20.5. The number of amides is 2. The number of aryl methyl sites for hydroxylation is 2. The van der Waals surface area contributed by atoms with Crippen LogP contribution in [-0.2, 0) is 23.1 Å². The number of fused-ring (bicyclic) bond motifs is 2. The maximum absolute atomic E-state index is 12.7. The Morgan fingerprint density at radius 1 is 1.28 bits per heavy atom. The minimum atomic E-state index is -0.0752. The first-order valence-electron chi connectivity index (χ1n) is 9.72. The molecular weight excluding hydrogens is 364 g/mol. The first kappa shape index (κ1) is 18.9. The van der Waals surface area contributed by atoms with Crippen LogP contribution >= 0.6 is 0 Å². The van der Waals surface area contributed by atoms with Crippen LogP contribution in [0.4, 0.5) is 5.82 Å². The molecule has 0 fully saturated rings. The minimum absolute atomic E-state index is 0.00702. The molecule has 1 aliphatic rings. The summed E-state index contributed by atoms with van der Waals surface area (Å²) in [5.74, 6) is 0.535. The molecular formula is C23H24N4O2. The van der Waals surface area contributed by atoms with Gasteiger partial charge in [-0.15, -0.1) is 0 Å². The van der Waals surface area contributed by atoms with E-state index in [-0.39, 0.29) is 17.9 Å². The number of aromatic nitrogens is 2. The van der Waals surface area contributed by atoms with Gasteiger partial charge in [-0.25, -0.2) is 4.98 Å². The Kier molecular flexibility index (Phi) is 4.92. The number of likely N-dealkylation sites (N-methyl/N-ethyl adjacent to an activating group) is 1. The van der Waals surface area contributed by atoms with Crippen molar-refractivity contribution in [3.63, 3.8) is 0 Å². The second-order valence-electron chi connectivity index (χ2n) is 7.47. The maximum Gasteiger partial charge on any atom is 0.246 e. The Bertz CT molecular complexity index is 1130. The van der Waals surface area contributed by atoms with Crippen molar-refractivity contribution in [3.05, 3.63) is 65.5 Å². The third kappa shape index (κ3) is 3.66. The number of hydrogen-bond acceptors (Lipinski definition) is 3. The van der Waals surface area contributed by atoms with Crippen LogP contribution in [0.2, 0.25) is 0 Å². The molecule has 0 radical (unpaired) electrons. The predicted molar refractivity (Wildman–Crippen MR) is 114 cm³/mol. The number of carbonyl (C=O) groups excluding carboxylic acids is 2. The number of anilines is 1. The van der Waals surface area contributed by atoms with Crippen molar-refractivity contribution in [1.29, 1.82) is 0 Å². The molecule has 29 heavy (non-hydrogen) atoms. The van der Waals surface area contributed by atoms with Gasteiger partial charge in [-0.1, -0.05) is 18.2 Å². The molecule has 0 bridgehead atoms. The standard InChI is InChI=1S/C23H24N4O2/c1-15(20-13-17-6-4-5-7-19(17)27(20)3)26(2)22(29)11-8-16-12-18-9-10-21(28)25-23(18)24-14-16/h4-8,11-15H,9-10H2,1-3H3,(H,24,25,28)/b11-8+. The Morgan fingerprint density at radius 3 is 2.86 bits per heavy atom. The predicted octanol–water partition coefficient (Wildman–Crippen LogP) is 3.69. The molecule has 3 heterocycles. The molecule has 0 aliphatic carbocycles. The molecule has 0 spiro atoms. The highest BCUT2D eigenvalue weighted by molar-refractivity contribution is 5.94. The molecule has 148 valence electrons. The summed E-state index contributed by atoms with van der Waals surface area (Å²) in [5.41, 5.74) is 4.08. The van der Waals surface area contributed by atoms with Crippen LogP contribution in [0.1, 0.15) is 36.2 Å². The smallest absolute Gasteiger partial charge is 0.246 e. The lowest BCUT2D eigenvalue weighted by Gasteiger charge is -2.24. The van der Waals surface area contributed by atoms with E-state index in [1.807, 2.05) is 39.2 Å². The molecule has 1 N–H and O–H groups in total. The van der Waals surface area contributed by atoms with Crippen molar-refractivity contribution in [3.8, 4) is 0 Å². The van der Waals surface area contributed by atoms with Crippen molar-refractivity contribution < 1.29 is 9.59 Å². The molecule has 6 nitrogen and oxygen atoms in total. The third-order valence-electron chi connectivity index (χ3n) is 5.63. The second-order valence-corrected chi connectivity index (χ2v) is 7.47. The monoisotopic (exact) mass is 388 g/mol. The first-order chi connectivity index (χ1) is 13.9. The molecule has 4 rings (SSSR count). The summed E-state index contributed by atoms with van der Waals surface area (Å²) >= 11 is 0. The SMILES string of the molecule is CC(c1cc2ccccc2n1C)N(C)C(=O)/C=C/c1cnc2c(c1)CCC(=O)N2. The van der Waals surface area contributed by atoms with E-state index in [1.165, 1.54) is 5.39 Å². The van der Waals surface area contributed by atoms with Crippen molar-refractivity contribution in [1.82, 2.24) is 14.5 Å². The Balaban J connectivity index is 1.50. The van der Waals surface area contributed by atoms with Crippen LogP contribution < -0.4 is 5.32 Å². The lowest BCUT2D eigenvalue weighted by atomic mass is 10.0. The molecule has 6 heteroatoms. The fourth-order valence-electron chi connectivity index (χ4n) is 3.75. The van der Waals surface area contributed by atoms with Gasteiger partial charge < -0.3 is 14.8 Å². The van der Waals surface area contributed by atoms with E-state index >= 15 is 0 Å². The van der Waals surface area contributed by atoms with Gasteiger partial charge in [0.25, 0.3) is 0 Å². The molecule has 1 atom stereocenters. The third-order valence-corrected chi connectivity index (χ3v) is 5.63. The normalized spacial score (nSPS) is 14.7. The number of para-hydroxylation sites is 1.